The number of fused-ring (bicyclic) bond motifs is 1. The number of rotatable bonds is 6. The molecule has 9 nitrogen and oxygen atoms in total. The molecule has 1 aliphatic carbocycles. The molecule has 9 heteroatoms. The van der Waals surface area contributed by atoms with Crippen LogP contribution in [0, 0.1) is 20.8 Å². The predicted octanol–water partition coefficient (Wildman–Crippen LogP) is 3.57. The lowest BCUT2D eigenvalue weighted by Crippen LogP contribution is -2.24. The van der Waals surface area contributed by atoms with E-state index in [-0.39, 0.29) is 5.91 Å². The fraction of sp³-hybridized carbons (Fsp3) is 0.435. The van der Waals surface area contributed by atoms with Crippen LogP contribution in [-0.2, 0) is 20.1 Å². The molecule has 1 amide bonds. The van der Waals surface area contributed by atoms with Crippen molar-refractivity contribution in [2.75, 3.05) is 0 Å². The van der Waals surface area contributed by atoms with E-state index < -0.39 is 0 Å². The van der Waals surface area contributed by atoms with Crippen LogP contribution in [0.1, 0.15) is 64.4 Å². The van der Waals surface area contributed by atoms with Crippen molar-refractivity contribution < 1.29 is 9.32 Å². The molecule has 166 valence electrons. The molecule has 0 aliphatic heterocycles. The number of nitrogens with zero attached hydrogens (tertiary/aromatic N) is 6. The van der Waals surface area contributed by atoms with E-state index in [2.05, 4.69) is 25.7 Å². The van der Waals surface area contributed by atoms with Crippen LogP contribution in [0.4, 0.5) is 0 Å². The van der Waals surface area contributed by atoms with Crippen molar-refractivity contribution in [1.29, 1.82) is 0 Å². The Morgan fingerprint density at radius 2 is 2.03 bits per heavy atom. The van der Waals surface area contributed by atoms with Crippen LogP contribution in [0.2, 0.25) is 0 Å². The van der Waals surface area contributed by atoms with Gasteiger partial charge in [0, 0.05) is 54.3 Å². The molecule has 1 aliphatic rings. The number of aryl methyl sites for hydroxylation is 3. The van der Waals surface area contributed by atoms with Crippen LogP contribution >= 0.6 is 0 Å². The summed E-state index contributed by atoms with van der Waals surface area (Å²) in [5.74, 6) is 0.207. The molecule has 4 heterocycles. The smallest absolute Gasteiger partial charge is 0.259 e. The maximum Gasteiger partial charge on any atom is 0.259 e. The zero-order valence-corrected chi connectivity index (χ0v) is 19.1. The standard InChI is InChI=1S/C23H27N7O2/c1-6-30-14(4)18(11-25-30)21-20-16(9-19(15-7-8-15)26-23(20)32-28-21)22(31)24-10-17-12(2)27-29(5)13(17)3/h9,11,15H,6-8,10H2,1-5H3,(H,24,31). The van der Waals surface area contributed by atoms with Crippen molar-refractivity contribution in [1.82, 2.24) is 35.0 Å². The van der Waals surface area contributed by atoms with Gasteiger partial charge >= 0.3 is 0 Å². The number of carbonyl (C=O) groups excluding carboxylic acids is 1. The van der Waals surface area contributed by atoms with Crippen LogP contribution < -0.4 is 5.32 Å². The van der Waals surface area contributed by atoms with Gasteiger partial charge in [0.25, 0.3) is 11.6 Å². The lowest BCUT2D eigenvalue weighted by molar-refractivity contribution is 0.0952. The summed E-state index contributed by atoms with van der Waals surface area (Å²) >= 11 is 0. The molecule has 4 aromatic rings. The molecule has 4 aromatic heterocycles. The Balaban J connectivity index is 1.57. The van der Waals surface area contributed by atoms with Gasteiger partial charge in [-0.25, -0.2) is 4.98 Å². The van der Waals surface area contributed by atoms with Crippen molar-refractivity contribution in [3.63, 3.8) is 0 Å². The molecule has 0 unspecified atom stereocenters. The Morgan fingerprint density at radius 1 is 1.25 bits per heavy atom. The maximum atomic E-state index is 13.4. The topological polar surface area (TPSA) is 104 Å². The highest BCUT2D eigenvalue weighted by Crippen LogP contribution is 2.41. The molecule has 1 N–H and O–H groups in total. The third-order valence-corrected chi connectivity index (χ3v) is 6.45. The highest BCUT2D eigenvalue weighted by Gasteiger charge is 2.30. The van der Waals surface area contributed by atoms with Gasteiger partial charge in [-0.2, -0.15) is 10.2 Å². The lowest BCUT2D eigenvalue weighted by atomic mass is 10.0. The van der Waals surface area contributed by atoms with Crippen molar-refractivity contribution in [3.8, 4) is 11.3 Å². The Bertz CT molecular complexity index is 1340. The number of aromatic nitrogens is 6. The van der Waals surface area contributed by atoms with Gasteiger partial charge < -0.3 is 9.84 Å². The van der Waals surface area contributed by atoms with Gasteiger partial charge in [0.15, 0.2) is 0 Å². The molecule has 0 radical (unpaired) electrons. The minimum absolute atomic E-state index is 0.174. The number of nitrogens with one attached hydrogen (secondary N) is 1. The fourth-order valence-corrected chi connectivity index (χ4v) is 4.26. The summed E-state index contributed by atoms with van der Waals surface area (Å²) in [6, 6.07) is 1.90. The first kappa shape index (κ1) is 20.4. The number of carbonyl (C=O) groups is 1. The third kappa shape index (κ3) is 3.28. The summed E-state index contributed by atoms with van der Waals surface area (Å²) in [4.78, 5) is 18.1. The van der Waals surface area contributed by atoms with Crippen LogP contribution in [0.5, 0.6) is 0 Å². The number of hydrogen-bond donors (Lipinski definition) is 1. The Kier molecular flexibility index (Phi) is 4.83. The molecule has 0 bridgehead atoms. The molecule has 0 aromatic carbocycles. The van der Waals surface area contributed by atoms with E-state index in [1.165, 1.54) is 0 Å². The first-order valence-electron chi connectivity index (χ1n) is 11.0. The zero-order valence-electron chi connectivity index (χ0n) is 19.1. The largest absolute Gasteiger partial charge is 0.348 e. The van der Waals surface area contributed by atoms with E-state index in [4.69, 9.17) is 4.52 Å². The molecule has 0 atom stereocenters. The quantitative estimate of drug-likeness (QED) is 0.499. The van der Waals surface area contributed by atoms with Gasteiger partial charge in [0.1, 0.15) is 5.69 Å². The van der Waals surface area contributed by atoms with Crippen molar-refractivity contribution in [3.05, 3.63) is 46.2 Å². The third-order valence-electron chi connectivity index (χ3n) is 6.45. The van der Waals surface area contributed by atoms with Gasteiger partial charge in [-0.05, 0) is 46.6 Å². The Hall–Kier alpha value is -3.49. The summed E-state index contributed by atoms with van der Waals surface area (Å²) in [5, 5.41) is 16.9. The maximum absolute atomic E-state index is 13.4. The highest BCUT2D eigenvalue weighted by atomic mass is 16.5. The number of pyridine rings is 1. The summed E-state index contributed by atoms with van der Waals surface area (Å²) in [5.41, 5.74) is 7.22. The number of amides is 1. The average molecular weight is 434 g/mol. The zero-order chi connectivity index (χ0) is 22.6. The molecule has 0 spiro atoms. The van der Waals surface area contributed by atoms with Crippen LogP contribution in [0.3, 0.4) is 0 Å². The lowest BCUT2D eigenvalue weighted by Gasteiger charge is -2.09. The van der Waals surface area contributed by atoms with Crippen molar-refractivity contribution in [2.45, 2.75) is 59.5 Å². The van der Waals surface area contributed by atoms with Crippen molar-refractivity contribution >= 4 is 17.0 Å². The molecular formula is C23H27N7O2. The van der Waals surface area contributed by atoms with Crippen LogP contribution in [0.25, 0.3) is 22.4 Å². The molecule has 1 saturated carbocycles. The van der Waals surface area contributed by atoms with E-state index in [1.54, 1.807) is 6.20 Å². The molecule has 0 saturated heterocycles. The van der Waals surface area contributed by atoms with Crippen molar-refractivity contribution in [2.24, 2.45) is 7.05 Å². The van der Waals surface area contributed by atoms with Crippen LogP contribution in [-0.4, -0.2) is 35.6 Å². The van der Waals surface area contributed by atoms with E-state index >= 15 is 0 Å². The summed E-state index contributed by atoms with van der Waals surface area (Å²) in [7, 11) is 1.91. The molecule has 5 rings (SSSR count). The molecule has 32 heavy (non-hydrogen) atoms. The van der Waals surface area contributed by atoms with Gasteiger partial charge in [0.2, 0.25) is 0 Å². The average Bonchev–Trinajstić information content (AvgIpc) is 3.38. The van der Waals surface area contributed by atoms with E-state index in [9.17, 15) is 4.79 Å². The predicted molar refractivity (Wildman–Crippen MR) is 119 cm³/mol. The SMILES string of the molecule is CCn1ncc(-c2noc3nc(C4CC4)cc(C(=O)NCc4c(C)nn(C)c4C)c23)c1C. The minimum atomic E-state index is -0.174. The Labute approximate surface area is 185 Å². The summed E-state index contributed by atoms with van der Waals surface area (Å²) in [6.07, 6.45) is 3.93. The molecular weight excluding hydrogens is 406 g/mol. The first-order chi connectivity index (χ1) is 15.4. The normalized spacial score (nSPS) is 13.8. The monoisotopic (exact) mass is 433 g/mol. The van der Waals surface area contributed by atoms with Gasteiger partial charge in [-0.15, -0.1) is 0 Å². The summed E-state index contributed by atoms with van der Waals surface area (Å²) in [6.45, 7) is 9.14. The second-order valence-corrected chi connectivity index (χ2v) is 8.50. The second kappa shape index (κ2) is 7.58. The van der Waals surface area contributed by atoms with E-state index in [1.807, 2.05) is 50.2 Å². The molecule has 1 fully saturated rings. The fourth-order valence-electron chi connectivity index (χ4n) is 4.26. The second-order valence-electron chi connectivity index (χ2n) is 8.50. The minimum Gasteiger partial charge on any atom is -0.348 e. The highest BCUT2D eigenvalue weighted by molar-refractivity contribution is 6.09. The summed E-state index contributed by atoms with van der Waals surface area (Å²) < 4.78 is 9.35. The van der Waals surface area contributed by atoms with Gasteiger partial charge in [-0.1, -0.05) is 5.16 Å². The Morgan fingerprint density at radius 3 is 2.66 bits per heavy atom. The first-order valence-corrected chi connectivity index (χ1v) is 11.0. The van der Waals surface area contributed by atoms with Gasteiger partial charge in [-0.3, -0.25) is 14.2 Å². The van der Waals surface area contributed by atoms with E-state index in [0.717, 1.165) is 53.3 Å². The van der Waals surface area contributed by atoms with Crippen LogP contribution in [0.15, 0.2) is 16.8 Å². The number of hydrogen-bond acceptors (Lipinski definition) is 6. The van der Waals surface area contributed by atoms with Gasteiger partial charge in [0.05, 0.1) is 22.8 Å². The van der Waals surface area contributed by atoms with E-state index in [0.29, 0.717) is 34.8 Å².